The third-order valence-corrected chi connectivity index (χ3v) is 6.29. The fourth-order valence-electron chi connectivity index (χ4n) is 4.05. The fourth-order valence-corrected chi connectivity index (χ4v) is 5.09. The van der Waals surface area contributed by atoms with Crippen LogP contribution >= 0.6 is 11.3 Å². The van der Waals surface area contributed by atoms with Gasteiger partial charge in [0, 0.05) is 28.1 Å². The summed E-state index contributed by atoms with van der Waals surface area (Å²) in [5, 5.41) is 10.6. The second-order valence-electron chi connectivity index (χ2n) is 8.13. The summed E-state index contributed by atoms with van der Waals surface area (Å²) < 4.78 is 2.09. The Kier molecular flexibility index (Phi) is 3.69. The molecule has 132 valence electrons. The molecule has 2 aromatic heterocycles. The molecule has 4 nitrogen and oxygen atoms in total. The number of carbonyl (C=O) groups is 1. The first-order valence-corrected chi connectivity index (χ1v) is 9.84. The van der Waals surface area contributed by atoms with Gasteiger partial charge < -0.3 is 5.32 Å². The standard InChI is InChI=1S/C20H25N3OS/c1-11-9-10-25-18(11)17-15-12(2)22-23(20(3,4)5)19(15)21-13-7-6-8-14(24)16(13)17/h9-10,17,21H,6-8H2,1-5H3. The van der Waals surface area contributed by atoms with Crippen molar-refractivity contribution in [2.24, 2.45) is 0 Å². The molecule has 4 rings (SSSR count). The number of allylic oxidation sites excluding steroid dienone is 2. The highest BCUT2D eigenvalue weighted by molar-refractivity contribution is 7.10. The quantitative estimate of drug-likeness (QED) is 0.793. The van der Waals surface area contributed by atoms with E-state index in [1.54, 1.807) is 11.3 Å². The monoisotopic (exact) mass is 355 g/mol. The molecule has 0 saturated carbocycles. The number of aromatic nitrogens is 2. The average molecular weight is 356 g/mol. The summed E-state index contributed by atoms with van der Waals surface area (Å²) in [5.41, 5.74) is 5.41. The number of aryl methyl sites for hydroxylation is 2. The average Bonchev–Trinajstić information content (AvgIpc) is 3.09. The topological polar surface area (TPSA) is 46.9 Å². The van der Waals surface area contributed by atoms with Gasteiger partial charge in [0.15, 0.2) is 5.78 Å². The molecular formula is C20H25N3OS. The summed E-state index contributed by atoms with van der Waals surface area (Å²) in [5.74, 6) is 1.38. The van der Waals surface area contributed by atoms with Crippen molar-refractivity contribution in [3.05, 3.63) is 44.4 Å². The lowest BCUT2D eigenvalue weighted by atomic mass is 9.78. The van der Waals surface area contributed by atoms with Crippen molar-refractivity contribution < 1.29 is 4.79 Å². The minimum absolute atomic E-state index is 0.0233. The molecule has 1 atom stereocenters. The van der Waals surface area contributed by atoms with E-state index in [9.17, 15) is 4.79 Å². The Morgan fingerprint density at radius 2 is 2.04 bits per heavy atom. The zero-order valence-corrected chi connectivity index (χ0v) is 16.4. The van der Waals surface area contributed by atoms with Crippen molar-refractivity contribution >= 4 is 22.9 Å². The number of hydrogen-bond acceptors (Lipinski definition) is 4. The summed E-state index contributed by atoms with van der Waals surface area (Å²) in [4.78, 5) is 14.1. The van der Waals surface area contributed by atoms with Crippen LogP contribution in [0.4, 0.5) is 5.82 Å². The first-order valence-electron chi connectivity index (χ1n) is 8.96. The number of thiophene rings is 1. The van der Waals surface area contributed by atoms with Crippen LogP contribution in [0.5, 0.6) is 0 Å². The normalized spacial score (nSPS) is 20.4. The van der Waals surface area contributed by atoms with Gasteiger partial charge in [-0.05, 0) is 64.5 Å². The third kappa shape index (κ3) is 2.48. The summed E-state index contributed by atoms with van der Waals surface area (Å²) in [6.07, 6.45) is 2.53. The summed E-state index contributed by atoms with van der Waals surface area (Å²) in [7, 11) is 0. The lowest BCUT2D eigenvalue weighted by molar-refractivity contribution is -0.116. The van der Waals surface area contributed by atoms with Gasteiger partial charge >= 0.3 is 0 Å². The van der Waals surface area contributed by atoms with E-state index < -0.39 is 0 Å². The van der Waals surface area contributed by atoms with Crippen molar-refractivity contribution in [3.8, 4) is 0 Å². The van der Waals surface area contributed by atoms with Crippen molar-refractivity contribution in [1.29, 1.82) is 0 Å². The molecule has 0 aromatic carbocycles. The molecule has 5 heteroatoms. The molecule has 1 N–H and O–H groups in total. The van der Waals surface area contributed by atoms with Gasteiger partial charge in [-0.15, -0.1) is 11.3 Å². The zero-order valence-electron chi connectivity index (χ0n) is 15.6. The Balaban J connectivity index is 2.01. The highest BCUT2D eigenvalue weighted by Crippen LogP contribution is 2.49. The SMILES string of the molecule is Cc1ccsc1C1C2=C(CCCC2=O)Nc2c1c(C)nn2C(C)(C)C. The van der Waals surface area contributed by atoms with Crippen molar-refractivity contribution in [2.45, 2.75) is 65.3 Å². The number of Topliss-reactive ketones (excluding diaryl/α,β-unsaturated/α-hetero) is 1. The van der Waals surface area contributed by atoms with Crippen molar-refractivity contribution in [2.75, 3.05) is 5.32 Å². The first kappa shape index (κ1) is 16.6. The molecule has 0 radical (unpaired) electrons. The molecule has 2 aromatic rings. The number of ketones is 1. The maximum absolute atomic E-state index is 12.8. The summed E-state index contributed by atoms with van der Waals surface area (Å²) >= 11 is 1.75. The highest BCUT2D eigenvalue weighted by Gasteiger charge is 2.40. The molecule has 0 bridgehead atoms. The first-order chi connectivity index (χ1) is 11.8. The third-order valence-electron chi connectivity index (χ3n) is 5.21. The number of hydrogen-bond donors (Lipinski definition) is 1. The number of rotatable bonds is 1. The van der Waals surface area contributed by atoms with Crippen LogP contribution < -0.4 is 5.32 Å². The van der Waals surface area contributed by atoms with Gasteiger partial charge in [-0.1, -0.05) is 0 Å². The molecule has 25 heavy (non-hydrogen) atoms. The van der Waals surface area contributed by atoms with Gasteiger partial charge in [-0.3, -0.25) is 4.79 Å². The van der Waals surface area contributed by atoms with Crippen molar-refractivity contribution in [3.63, 3.8) is 0 Å². The Morgan fingerprint density at radius 1 is 1.28 bits per heavy atom. The Hall–Kier alpha value is -1.88. The maximum atomic E-state index is 12.8. The van der Waals surface area contributed by atoms with E-state index in [2.05, 4.69) is 56.1 Å². The highest BCUT2D eigenvalue weighted by atomic mass is 32.1. The van der Waals surface area contributed by atoms with Crippen LogP contribution in [-0.2, 0) is 10.3 Å². The second-order valence-corrected chi connectivity index (χ2v) is 9.07. The second kappa shape index (κ2) is 5.56. The molecule has 0 fully saturated rings. The van der Waals surface area contributed by atoms with E-state index in [0.29, 0.717) is 12.2 Å². The smallest absolute Gasteiger partial charge is 0.161 e. The lowest BCUT2D eigenvalue weighted by Crippen LogP contribution is -2.30. The minimum atomic E-state index is -0.114. The van der Waals surface area contributed by atoms with Crippen LogP contribution in [0.1, 0.15) is 67.6 Å². The van der Waals surface area contributed by atoms with Crippen molar-refractivity contribution in [1.82, 2.24) is 9.78 Å². The molecule has 2 aliphatic rings. The minimum Gasteiger partial charge on any atom is -0.343 e. The van der Waals surface area contributed by atoms with Gasteiger partial charge in [0.1, 0.15) is 5.82 Å². The van der Waals surface area contributed by atoms with E-state index >= 15 is 0 Å². The molecule has 1 aliphatic carbocycles. The van der Waals surface area contributed by atoms with Gasteiger partial charge in [-0.2, -0.15) is 5.10 Å². The molecule has 1 aliphatic heterocycles. The van der Waals surface area contributed by atoms with Gasteiger partial charge in [0.25, 0.3) is 0 Å². The number of nitrogens with one attached hydrogen (secondary N) is 1. The zero-order chi connectivity index (χ0) is 17.9. The van der Waals surface area contributed by atoms with E-state index in [4.69, 9.17) is 5.10 Å². The maximum Gasteiger partial charge on any atom is 0.161 e. The van der Waals surface area contributed by atoms with Crippen LogP contribution in [0.3, 0.4) is 0 Å². The van der Waals surface area contributed by atoms with Crippen LogP contribution in [0.25, 0.3) is 0 Å². The molecule has 3 heterocycles. The van der Waals surface area contributed by atoms with Crippen LogP contribution in [0.2, 0.25) is 0 Å². The van der Waals surface area contributed by atoms with Crippen LogP contribution in [-0.4, -0.2) is 15.6 Å². The Bertz CT molecular complexity index is 895. The fraction of sp³-hybridized carbons (Fsp3) is 0.500. The van der Waals surface area contributed by atoms with Gasteiger partial charge in [0.2, 0.25) is 0 Å². The largest absolute Gasteiger partial charge is 0.343 e. The Labute approximate surface area is 152 Å². The number of nitrogens with zero attached hydrogens (tertiary/aromatic N) is 2. The number of anilines is 1. The number of carbonyl (C=O) groups excluding carboxylic acids is 1. The molecule has 1 unspecified atom stereocenters. The molecular weight excluding hydrogens is 330 g/mol. The van der Waals surface area contributed by atoms with Gasteiger partial charge in [0.05, 0.1) is 17.2 Å². The molecule has 0 spiro atoms. The predicted octanol–water partition coefficient (Wildman–Crippen LogP) is 4.88. The lowest BCUT2D eigenvalue weighted by Gasteiger charge is -2.34. The van der Waals surface area contributed by atoms with E-state index in [-0.39, 0.29) is 11.5 Å². The van der Waals surface area contributed by atoms with Crippen LogP contribution in [0.15, 0.2) is 22.7 Å². The molecule has 0 saturated heterocycles. The van der Waals surface area contributed by atoms with Gasteiger partial charge in [-0.25, -0.2) is 4.68 Å². The van der Waals surface area contributed by atoms with E-state index in [1.807, 2.05) is 0 Å². The summed E-state index contributed by atoms with van der Waals surface area (Å²) in [6.45, 7) is 10.7. The van der Waals surface area contributed by atoms with E-state index in [1.165, 1.54) is 16.0 Å². The molecule has 0 amide bonds. The van der Waals surface area contributed by atoms with E-state index in [0.717, 1.165) is 35.6 Å². The Morgan fingerprint density at radius 3 is 2.68 bits per heavy atom. The van der Waals surface area contributed by atoms with Crippen LogP contribution in [0, 0.1) is 13.8 Å². The number of fused-ring (bicyclic) bond motifs is 1. The predicted molar refractivity (Wildman–Crippen MR) is 102 cm³/mol. The summed E-state index contributed by atoms with van der Waals surface area (Å²) in [6, 6.07) is 2.15.